The fourth-order valence-electron chi connectivity index (χ4n) is 3.82. The van der Waals surface area contributed by atoms with Gasteiger partial charge >= 0.3 is 12.1 Å². The number of carbonyl (C=O) groups is 2. The third kappa shape index (κ3) is 23.3. The molecule has 0 radical (unpaired) electrons. The van der Waals surface area contributed by atoms with E-state index in [-0.39, 0.29) is 18.7 Å². The van der Waals surface area contributed by atoms with E-state index in [0.29, 0.717) is 6.61 Å². The molecule has 0 aromatic carbocycles. The van der Waals surface area contributed by atoms with Crippen LogP contribution in [0.3, 0.4) is 0 Å². The molecule has 7 nitrogen and oxygen atoms in total. The lowest BCUT2D eigenvalue weighted by Gasteiger charge is -2.39. The summed E-state index contributed by atoms with van der Waals surface area (Å²) >= 11 is 0. The summed E-state index contributed by atoms with van der Waals surface area (Å²) in [5.74, 6) is -0.339. The molecule has 0 rings (SSSR count). The summed E-state index contributed by atoms with van der Waals surface area (Å²) in [5, 5.41) is 0. The molecule has 2 atom stereocenters. The predicted octanol–water partition coefficient (Wildman–Crippen LogP) is 8.36. The number of hydrogen-bond donors (Lipinski definition) is 0. The molecule has 0 aromatic heterocycles. The summed E-state index contributed by atoms with van der Waals surface area (Å²) in [6, 6.07) is 0. The molecule has 234 valence electrons. The molecule has 0 saturated carbocycles. The van der Waals surface area contributed by atoms with E-state index in [2.05, 4.69) is 47.3 Å². The van der Waals surface area contributed by atoms with Gasteiger partial charge in [-0.2, -0.15) is 0 Å². The smallest absolute Gasteiger partial charge is 0.459 e. The number of carbonyl (C=O) groups excluding carboxylic acids is 2. The fraction of sp³-hybridized carbons (Fsp3) is 0.935. The molecule has 0 heterocycles. The Kier molecular flexibility index (Phi) is 22.2. The minimum atomic E-state index is -1.63. The van der Waals surface area contributed by atoms with E-state index in [4.69, 9.17) is 18.6 Å². The number of unbranched alkanes of at least 4 members (excludes halogenated alkanes) is 4. The Bertz CT molecular complexity index is 592. The number of quaternary nitrogens is 1. The number of rotatable bonds is 19. The van der Waals surface area contributed by atoms with Gasteiger partial charge in [-0.1, -0.05) is 53.4 Å². The van der Waals surface area contributed by atoms with Gasteiger partial charge in [0, 0.05) is 0 Å². The maximum atomic E-state index is 11.7. The van der Waals surface area contributed by atoms with Crippen LogP contribution in [-0.4, -0.2) is 76.5 Å². The van der Waals surface area contributed by atoms with Crippen LogP contribution < -0.4 is 0 Å². The van der Waals surface area contributed by atoms with Crippen molar-refractivity contribution in [2.75, 3.05) is 39.4 Å². The van der Waals surface area contributed by atoms with Gasteiger partial charge in [-0.15, -0.1) is 0 Å². The lowest BCUT2D eigenvalue weighted by molar-refractivity contribution is -0.929. The Morgan fingerprint density at radius 2 is 1.08 bits per heavy atom. The van der Waals surface area contributed by atoms with Crippen LogP contribution in [0, 0.1) is 5.41 Å². The number of esters is 1. The SMILES string of the molecule is CC(CO[Si](C)(C)C)OC(=O)OCC(C)OC(=O)C(C)(C)C.CCCC[N+](CCCC)(CCCC)CCCC. The first-order chi connectivity index (χ1) is 18.1. The first-order valence-electron chi connectivity index (χ1n) is 15.6. The molecule has 8 heteroatoms. The van der Waals surface area contributed by atoms with Crippen molar-refractivity contribution in [3.63, 3.8) is 0 Å². The van der Waals surface area contributed by atoms with Crippen molar-refractivity contribution < 1.29 is 32.7 Å². The fourth-order valence-corrected chi connectivity index (χ4v) is 4.56. The van der Waals surface area contributed by atoms with Gasteiger partial charge in [0.25, 0.3) is 0 Å². The first kappa shape index (κ1) is 40.0. The van der Waals surface area contributed by atoms with E-state index in [1.165, 1.54) is 82.0 Å². The van der Waals surface area contributed by atoms with Crippen LogP contribution in [0.15, 0.2) is 0 Å². The van der Waals surface area contributed by atoms with Crippen molar-refractivity contribution >= 4 is 20.4 Å². The summed E-state index contributed by atoms with van der Waals surface area (Å²) in [5.41, 5.74) is -0.586. The Balaban J connectivity index is 0. The van der Waals surface area contributed by atoms with Gasteiger partial charge in [-0.05, 0) is 79.9 Å². The molecule has 0 aromatic rings. The second-order valence-corrected chi connectivity index (χ2v) is 17.5. The molecule has 0 fully saturated rings. The molecule has 2 unspecified atom stereocenters. The zero-order valence-electron chi connectivity index (χ0n) is 28.0. The van der Waals surface area contributed by atoms with Crippen molar-refractivity contribution in [3.05, 3.63) is 0 Å². The molecule has 39 heavy (non-hydrogen) atoms. The molecule has 0 aliphatic carbocycles. The van der Waals surface area contributed by atoms with Crippen LogP contribution in [0.2, 0.25) is 19.6 Å². The first-order valence-corrected chi connectivity index (χ1v) is 19.0. The minimum Gasteiger partial charge on any atom is -0.459 e. The quantitative estimate of drug-likeness (QED) is 0.0874. The lowest BCUT2D eigenvalue weighted by Crippen LogP contribution is -2.50. The Labute approximate surface area is 243 Å². The highest BCUT2D eigenvalue weighted by atomic mass is 28.4. The van der Waals surface area contributed by atoms with Crippen molar-refractivity contribution in [2.45, 2.75) is 146 Å². The van der Waals surface area contributed by atoms with E-state index in [1.807, 2.05) is 0 Å². The second-order valence-electron chi connectivity index (χ2n) is 13.0. The molecule has 0 amide bonds. The van der Waals surface area contributed by atoms with E-state index in [1.54, 1.807) is 34.6 Å². The van der Waals surface area contributed by atoms with Crippen LogP contribution in [0.25, 0.3) is 0 Å². The van der Waals surface area contributed by atoms with Gasteiger partial charge in [-0.25, -0.2) is 4.79 Å². The maximum absolute atomic E-state index is 11.7. The van der Waals surface area contributed by atoms with E-state index in [9.17, 15) is 9.59 Å². The number of nitrogens with zero attached hydrogens (tertiary/aromatic N) is 1. The largest absolute Gasteiger partial charge is 0.508 e. The summed E-state index contributed by atoms with van der Waals surface area (Å²) in [6.45, 7) is 30.2. The van der Waals surface area contributed by atoms with Crippen LogP contribution in [0.4, 0.5) is 4.79 Å². The Morgan fingerprint density at radius 3 is 1.41 bits per heavy atom. The zero-order chi connectivity index (χ0) is 30.5. The van der Waals surface area contributed by atoms with Crippen LogP contribution in [0.1, 0.15) is 114 Å². The minimum absolute atomic E-state index is 0.0394. The summed E-state index contributed by atoms with van der Waals surface area (Å²) in [4.78, 5) is 23.2. The van der Waals surface area contributed by atoms with Gasteiger partial charge < -0.3 is 23.1 Å². The second kappa shape index (κ2) is 21.6. The van der Waals surface area contributed by atoms with E-state index in [0.717, 1.165) is 0 Å². The highest BCUT2D eigenvalue weighted by molar-refractivity contribution is 6.69. The molecule has 0 aliphatic rings. The monoisotopic (exact) mass is 576 g/mol. The highest BCUT2D eigenvalue weighted by Gasteiger charge is 2.26. The van der Waals surface area contributed by atoms with E-state index < -0.39 is 26.0 Å². The van der Waals surface area contributed by atoms with Crippen molar-refractivity contribution in [1.82, 2.24) is 0 Å². The standard InChI is InChI=1S/C16H36N.C15H30O6Si/c1-5-9-13-17(14-10-6-2,15-11-7-3)16-12-8-4;1-11(20-13(16)15(3,4)5)9-18-14(17)21-12(2)10-19-22(6,7)8/h5-16H2,1-4H3;11-12H,9-10H2,1-8H3/q+1;. The van der Waals surface area contributed by atoms with Gasteiger partial charge in [0.05, 0.1) is 38.2 Å². The molecule has 0 spiro atoms. The zero-order valence-corrected chi connectivity index (χ0v) is 29.0. The number of hydrogen-bond acceptors (Lipinski definition) is 6. The lowest BCUT2D eigenvalue weighted by atomic mass is 9.97. The summed E-state index contributed by atoms with van der Waals surface area (Å²) < 4.78 is 22.2. The maximum Gasteiger partial charge on any atom is 0.508 e. The molecule has 0 N–H and O–H groups in total. The van der Waals surface area contributed by atoms with Crippen LogP contribution >= 0.6 is 0 Å². The third-order valence-corrected chi connectivity index (χ3v) is 7.38. The van der Waals surface area contributed by atoms with Crippen molar-refractivity contribution in [3.8, 4) is 0 Å². The average molecular weight is 577 g/mol. The van der Waals surface area contributed by atoms with Gasteiger partial charge in [-0.3, -0.25) is 4.79 Å². The van der Waals surface area contributed by atoms with E-state index >= 15 is 0 Å². The molecule has 0 bridgehead atoms. The highest BCUT2D eigenvalue weighted by Crippen LogP contribution is 2.17. The number of ether oxygens (including phenoxy) is 3. The molecule has 0 saturated heterocycles. The summed E-state index contributed by atoms with van der Waals surface area (Å²) in [6.07, 6.45) is 9.37. The Morgan fingerprint density at radius 1 is 0.692 bits per heavy atom. The van der Waals surface area contributed by atoms with Crippen molar-refractivity contribution in [2.24, 2.45) is 5.41 Å². The molecular weight excluding hydrogens is 510 g/mol. The molecule has 0 aliphatic heterocycles. The van der Waals surface area contributed by atoms with Crippen LogP contribution in [0.5, 0.6) is 0 Å². The van der Waals surface area contributed by atoms with Crippen molar-refractivity contribution in [1.29, 1.82) is 0 Å². The third-order valence-electron chi connectivity index (χ3n) is 6.35. The van der Waals surface area contributed by atoms with Gasteiger partial charge in [0.1, 0.15) is 18.8 Å². The summed E-state index contributed by atoms with van der Waals surface area (Å²) in [7, 11) is -1.63. The topological polar surface area (TPSA) is 71.1 Å². The predicted molar refractivity (Wildman–Crippen MR) is 166 cm³/mol. The van der Waals surface area contributed by atoms with Gasteiger partial charge in [0.2, 0.25) is 0 Å². The van der Waals surface area contributed by atoms with Crippen LogP contribution in [-0.2, 0) is 23.4 Å². The van der Waals surface area contributed by atoms with Gasteiger partial charge in [0.15, 0.2) is 8.32 Å². The average Bonchev–Trinajstić information content (AvgIpc) is 2.85. The normalized spacial score (nSPS) is 13.6. The Hall–Kier alpha value is -1.12. The molecular formula is C31H66NO6Si+.